The van der Waals surface area contributed by atoms with Gasteiger partial charge >= 0.3 is 11.9 Å². The maximum atomic E-state index is 14.7. The number of aliphatic hydroxyl groups is 5. The van der Waals surface area contributed by atoms with Crippen LogP contribution in [0.25, 0.3) is 0 Å². The number of likely N-dealkylation sites (N-methyl/N-ethyl adjacent to an activating group) is 1. The number of hydrogen-bond acceptors (Lipinski definition) is 12. The number of aliphatic hydroxyl groups excluding tert-OH is 3. The van der Waals surface area contributed by atoms with Crippen molar-refractivity contribution in [3.8, 4) is 0 Å². The minimum absolute atomic E-state index is 0. The first-order valence-corrected chi connectivity index (χ1v) is 16.0. The summed E-state index contributed by atoms with van der Waals surface area (Å²) in [7, 11) is 1.61. The smallest absolute Gasteiger partial charge is 0.337 e. The van der Waals surface area contributed by atoms with Gasteiger partial charge in [0.05, 0.1) is 35.4 Å². The quantitative estimate of drug-likeness (QED) is 0.173. The molecule has 4 rings (SSSR count). The predicted molar refractivity (Wildman–Crippen MR) is 161 cm³/mol. The Morgan fingerprint density at radius 3 is 2.31 bits per heavy atom. The molecule has 0 saturated heterocycles. The number of esters is 2. The van der Waals surface area contributed by atoms with Crippen molar-refractivity contribution in [3.05, 3.63) is 33.5 Å². The van der Waals surface area contributed by atoms with Gasteiger partial charge in [-0.3, -0.25) is 9.59 Å². The molecule has 2 fully saturated rings. The molecule has 0 spiro atoms. The van der Waals surface area contributed by atoms with Crippen molar-refractivity contribution in [3.63, 3.8) is 0 Å². The Bertz CT molecular complexity index is 1320. The Kier molecular flexibility index (Phi) is 11.7. The van der Waals surface area contributed by atoms with Crippen LogP contribution in [0, 0.1) is 72.6 Å². The van der Waals surface area contributed by atoms with E-state index in [1.807, 2.05) is 5.38 Å². The fourth-order valence-electron chi connectivity index (χ4n) is 8.59. The standard InChI is InChI=1S/C32H47NO10S.Ac/c1-15-12-21(36)30(7)26(31(15,40)14-34)17(3)32(41)13-19(43-28(39)24(37)23(33-8)20-10-9-11-44-20)16(2)22(29(32,5)6)25(27(30)38)42-18(4)35;/h9-11,15,17,19,21,23-26,33-34,36-37,40-41H,12-14H2,1-8H3;/t15-,17+,19?,21?,23?,24?,25?,26?,30?,31?,32?;/m1./s1. The minimum atomic E-state index is -1.90. The summed E-state index contributed by atoms with van der Waals surface area (Å²) in [6.45, 7) is 10.3. The van der Waals surface area contributed by atoms with E-state index in [1.54, 1.807) is 53.8 Å². The Hall–Kier alpha value is -0.748. The van der Waals surface area contributed by atoms with Crippen LogP contribution >= 0.6 is 11.3 Å². The van der Waals surface area contributed by atoms with E-state index in [1.165, 1.54) is 18.3 Å². The summed E-state index contributed by atoms with van der Waals surface area (Å²) in [5.74, 6) is -5.22. The Labute approximate surface area is 304 Å². The molecule has 11 atom stereocenters. The molecular formula is C32H47AcNO10S. The molecule has 2 bridgehead atoms. The van der Waals surface area contributed by atoms with Crippen LogP contribution in [-0.4, -0.2) is 92.5 Å². The molecule has 1 heterocycles. The third-order valence-electron chi connectivity index (χ3n) is 11.3. The zero-order valence-corrected chi connectivity index (χ0v) is 32.8. The summed E-state index contributed by atoms with van der Waals surface area (Å²) >= 11 is 1.35. The normalized spacial score (nSPS) is 39.0. The van der Waals surface area contributed by atoms with Crippen LogP contribution in [0.15, 0.2) is 28.7 Å². The van der Waals surface area contributed by atoms with E-state index in [9.17, 15) is 39.9 Å². The molecule has 11 nitrogen and oxygen atoms in total. The second kappa shape index (κ2) is 13.6. The van der Waals surface area contributed by atoms with Crippen molar-refractivity contribution in [2.75, 3.05) is 13.7 Å². The van der Waals surface area contributed by atoms with Crippen LogP contribution < -0.4 is 5.32 Å². The summed E-state index contributed by atoms with van der Waals surface area (Å²) in [6.07, 6.45) is -5.82. The van der Waals surface area contributed by atoms with Gasteiger partial charge in [-0.25, -0.2) is 4.79 Å². The fourth-order valence-corrected chi connectivity index (χ4v) is 9.45. The first-order chi connectivity index (χ1) is 20.3. The van der Waals surface area contributed by atoms with E-state index in [-0.39, 0.29) is 62.5 Å². The van der Waals surface area contributed by atoms with Crippen LogP contribution in [0.5, 0.6) is 0 Å². The molecule has 2 saturated carbocycles. The van der Waals surface area contributed by atoms with Crippen LogP contribution in [0.2, 0.25) is 0 Å². The van der Waals surface area contributed by atoms with Gasteiger partial charge in [-0.1, -0.05) is 33.8 Å². The maximum Gasteiger partial charge on any atom is 0.337 e. The van der Waals surface area contributed by atoms with Gasteiger partial charge < -0.3 is 40.3 Å². The molecule has 6 N–H and O–H groups in total. The zero-order chi connectivity index (χ0) is 33.2. The molecule has 3 aliphatic rings. The molecule has 0 amide bonds. The molecular weight excluding hydrogens is 817 g/mol. The van der Waals surface area contributed by atoms with Gasteiger partial charge in [0, 0.05) is 73.6 Å². The molecule has 3 aliphatic carbocycles. The summed E-state index contributed by atoms with van der Waals surface area (Å²) < 4.78 is 11.6. The van der Waals surface area contributed by atoms with Crippen molar-refractivity contribution < 1.29 is 93.5 Å². The molecule has 1 radical (unpaired) electrons. The van der Waals surface area contributed by atoms with Gasteiger partial charge in [0.2, 0.25) is 0 Å². The number of fused-ring (bicyclic) bond motifs is 3. The van der Waals surface area contributed by atoms with Crippen molar-refractivity contribution in [1.29, 1.82) is 0 Å². The van der Waals surface area contributed by atoms with Crippen molar-refractivity contribution in [2.24, 2.45) is 28.6 Å². The van der Waals surface area contributed by atoms with E-state index in [0.29, 0.717) is 10.5 Å². The number of thiophene rings is 1. The molecule has 45 heavy (non-hydrogen) atoms. The van der Waals surface area contributed by atoms with Crippen molar-refractivity contribution in [2.45, 2.75) is 103 Å². The number of hydrogen-bond donors (Lipinski definition) is 6. The number of ether oxygens (including phenoxy) is 2. The largest absolute Gasteiger partial charge is 0.456 e. The molecule has 249 valence electrons. The van der Waals surface area contributed by atoms with E-state index in [4.69, 9.17) is 9.47 Å². The van der Waals surface area contributed by atoms with E-state index in [0.717, 1.165) is 6.92 Å². The summed E-state index contributed by atoms with van der Waals surface area (Å²) in [5.41, 5.74) is -6.12. The number of carbonyl (C=O) groups is 3. The average molecular weight is 865 g/mol. The topological polar surface area (TPSA) is 183 Å². The van der Waals surface area contributed by atoms with Crippen LogP contribution in [0.3, 0.4) is 0 Å². The molecule has 9 unspecified atom stereocenters. The van der Waals surface area contributed by atoms with Gasteiger partial charge in [-0.15, -0.1) is 11.3 Å². The number of ketones is 1. The fraction of sp³-hybridized carbons (Fsp3) is 0.719. The van der Waals surface area contributed by atoms with Crippen LogP contribution in [0.1, 0.15) is 72.2 Å². The monoisotopic (exact) mass is 864 g/mol. The van der Waals surface area contributed by atoms with E-state index in [2.05, 4.69) is 5.32 Å². The Balaban J connectivity index is 0.00000552. The second-order valence-electron chi connectivity index (χ2n) is 13.7. The molecule has 1 aromatic heterocycles. The second-order valence-corrected chi connectivity index (χ2v) is 14.7. The number of carbonyl (C=O) groups excluding carboxylic acids is 3. The number of nitrogens with one attached hydrogen (secondary N) is 1. The van der Waals surface area contributed by atoms with Gasteiger partial charge in [-0.2, -0.15) is 0 Å². The molecule has 13 heteroatoms. The average Bonchev–Trinajstić information content (AvgIpc) is 3.48. The SMILES string of the molecule is CNC(c1cccs1)C(O)C(=O)OC1CC2(O)[C@@H](C)C3C(C)(C(=O)C(OC(C)=O)C(=C1C)C2(C)C)C(O)C[C@@H](C)C3(O)CO.[Ac]. The van der Waals surface area contributed by atoms with Crippen LogP contribution in [-0.2, 0) is 23.9 Å². The zero-order valence-electron chi connectivity index (χ0n) is 27.2. The number of rotatable bonds is 7. The summed E-state index contributed by atoms with van der Waals surface area (Å²) in [6, 6.07) is 2.81. The minimum Gasteiger partial charge on any atom is -0.456 e. The van der Waals surface area contributed by atoms with Gasteiger partial charge in [0.25, 0.3) is 0 Å². The van der Waals surface area contributed by atoms with Crippen LogP contribution in [0.4, 0.5) is 0 Å². The van der Waals surface area contributed by atoms with Gasteiger partial charge in [-0.05, 0) is 61.7 Å². The van der Waals surface area contributed by atoms with Gasteiger partial charge in [0.15, 0.2) is 18.0 Å². The molecule has 0 aromatic carbocycles. The van der Waals surface area contributed by atoms with Gasteiger partial charge in [0.1, 0.15) is 6.10 Å². The third kappa shape index (κ3) is 5.95. The molecule has 1 aromatic rings. The van der Waals surface area contributed by atoms with E-state index < -0.39 is 94.6 Å². The first-order valence-electron chi connectivity index (χ1n) is 15.1. The summed E-state index contributed by atoms with van der Waals surface area (Å²) in [5, 5.41) is 62.7. The summed E-state index contributed by atoms with van der Waals surface area (Å²) in [4.78, 5) is 41.3. The molecule has 0 aliphatic heterocycles. The van der Waals surface area contributed by atoms with Crippen molar-refractivity contribution in [1.82, 2.24) is 5.32 Å². The number of Topliss-reactive ketones (excluding diaryl/α,β-unsaturated/α-hetero) is 1. The van der Waals surface area contributed by atoms with E-state index >= 15 is 0 Å². The predicted octanol–water partition coefficient (Wildman–Crippen LogP) is 1.66. The van der Waals surface area contributed by atoms with Crippen molar-refractivity contribution >= 4 is 29.1 Å². The first kappa shape index (κ1) is 38.7. The third-order valence-corrected chi connectivity index (χ3v) is 12.2. The Morgan fingerprint density at radius 2 is 1.80 bits per heavy atom. The Morgan fingerprint density at radius 1 is 1.18 bits per heavy atom. The maximum absolute atomic E-state index is 14.7.